The van der Waals surface area contributed by atoms with Crippen molar-refractivity contribution in [2.75, 3.05) is 11.1 Å². The standard InChI is InChI=1S/C19H18ClN3O3S/c1-12-3-6-15(7-4-12)21-17(24)11-27-19-23-22-18(26-19)10-25-16-8-5-14(20)9-13(16)2/h3-9H,10-11H2,1-2H3,(H,21,24). The monoisotopic (exact) mass is 403 g/mol. The Hall–Kier alpha value is -2.51. The van der Waals surface area contributed by atoms with Crippen LogP contribution in [0, 0.1) is 13.8 Å². The highest BCUT2D eigenvalue weighted by molar-refractivity contribution is 7.99. The Morgan fingerprint density at radius 1 is 1.19 bits per heavy atom. The first-order valence-electron chi connectivity index (χ1n) is 8.20. The number of benzene rings is 2. The van der Waals surface area contributed by atoms with Gasteiger partial charge in [0.25, 0.3) is 11.1 Å². The molecule has 0 aliphatic carbocycles. The predicted molar refractivity (Wildman–Crippen MR) is 105 cm³/mol. The lowest BCUT2D eigenvalue weighted by Gasteiger charge is -2.06. The molecule has 0 saturated heterocycles. The van der Waals surface area contributed by atoms with Crippen LogP contribution in [0.5, 0.6) is 5.75 Å². The number of aryl methyl sites for hydroxylation is 2. The molecule has 0 unspecified atom stereocenters. The van der Waals surface area contributed by atoms with Crippen LogP contribution in [0.4, 0.5) is 5.69 Å². The summed E-state index contributed by atoms with van der Waals surface area (Å²) < 4.78 is 11.2. The van der Waals surface area contributed by atoms with Gasteiger partial charge in [-0.15, -0.1) is 10.2 Å². The Morgan fingerprint density at radius 3 is 2.70 bits per heavy atom. The van der Waals surface area contributed by atoms with Crippen molar-refractivity contribution in [2.24, 2.45) is 0 Å². The van der Waals surface area contributed by atoms with Gasteiger partial charge in [-0.3, -0.25) is 4.79 Å². The SMILES string of the molecule is Cc1ccc(NC(=O)CSc2nnc(COc3ccc(Cl)cc3C)o2)cc1. The van der Waals surface area contributed by atoms with Crippen molar-refractivity contribution in [3.8, 4) is 5.75 Å². The first-order chi connectivity index (χ1) is 13.0. The van der Waals surface area contributed by atoms with E-state index in [-0.39, 0.29) is 18.3 Å². The molecule has 0 aliphatic rings. The van der Waals surface area contributed by atoms with Crippen molar-refractivity contribution < 1.29 is 13.9 Å². The minimum Gasteiger partial charge on any atom is -0.484 e. The van der Waals surface area contributed by atoms with Gasteiger partial charge in [0, 0.05) is 10.7 Å². The van der Waals surface area contributed by atoms with Crippen LogP contribution in [0.2, 0.25) is 5.02 Å². The predicted octanol–water partition coefficient (Wildman–Crippen LogP) is 4.65. The van der Waals surface area contributed by atoms with Crippen molar-refractivity contribution in [3.05, 3.63) is 64.5 Å². The summed E-state index contributed by atoms with van der Waals surface area (Å²) in [5.74, 6) is 1.07. The largest absolute Gasteiger partial charge is 0.484 e. The number of rotatable bonds is 7. The third-order valence-electron chi connectivity index (χ3n) is 3.60. The van der Waals surface area contributed by atoms with Crippen molar-refractivity contribution in [3.63, 3.8) is 0 Å². The molecule has 0 atom stereocenters. The van der Waals surface area contributed by atoms with E-state index in [1.54, 1.807) is 12.1 Å². The second kappa shape index (κ2) is 8.92. The molecule has 0 bridgehead atoms. The Kier molecular flexibility index (Phi) is 6.36. The molecule has 1 heterocycles. The lowest BCUT2D eigenvalue weighted by Crippen LogP contribution is -2.13. The highest BCUT2D eigenvalue weighted by atomic mass is 35.5. The van der Waals surface area contributed by atoms with E-state index in [9.17, 15) is 4.79 Å². The van der Waals surface area contributed by atoms with E-state index in [1.165, 1.54) is 11.8 Å². The van der Waals surface area contributed by atoms with Gasteiger partial charge in [-0.2, -0.15) is 0 Å². The maximum Gasteiger partial charge on any atom is 0.277 e. The van der Waals surface area contributed by atoms with E-state index >= 15 is 0 Å². The summed E-state index contributed by atoms with van der Waals surface area (Å²) in [6.45, 7) is 4.04. The number of ether oxygens (including phenoxy) is 1. The molecule has 1 aromatic heterocycles. The summed E-state index contributed by atoms with van der Waals surface area (Å²) in [5, 5.41) is 11.6. The molecule has 3 rings (SSSR count). The summed E-state index contributed by atoms with van der Waals surface area (Å²) in [5.41, 5.74) is 2.81. The lowest BCUT2D eigenvalue weighted by atomic mass is 10.2. The fourth-order valence-electron chi connectivity index (χ4n) is 2.23. The number of hydrogen-bond donors (Lipinski definition) is 1. The summed E-state index contributed by atoms with van der Waals surface area (Å²) in [6, 6.07) is 13.0. The van der Waals surface area contributed by atoms with Crippen LogP contribution in [-0.2, 0) is 11.4 Å². The van der Waals surface area contributed by atoms with E-state index < -0.39 is 0 Å². The highest BCUT2D eigenvalue weighted by Gasteiger charge is 2.11. The van der Waals surface area contributed by atoms with Crippen molar-refractivity contribution in [1.29, 1.82) is 0 Å². The lowest BCUT2D eigenvalue weighted by molar-refractivity contribution is -0.113. The summed E-state index contributed by atoms with van der Waals surface area (Å²) in [7, 11) is 0. The number of carbonyl (C=O) groups is 1. The fraction of sp³-hybridized carbons (Fsp3) is 0.211. The van der Waals surface area contributed by atoms with Crippen LogP contribution in [0.1, 0.15) is 17.0 Å². The number of amides is 1. The number of hydrogen-bond acceptors (Lipinski definition) is 6. The van der Waals surface area contributed by atoms with Gasteiger partial charge < -0.3 is 14.5 Å². The zero-order chi connectivity index (χ0) is 19.2. The Labute approximate surface area is 166 Å². The van der Waals surface area contributed by atoms with Gasteiger partial charge in [0.2, 0.25) is 5.91 Å². The summed E-state index contributed by atoms with van der Waals surface area (Å²) in [4.78, 5) is 12.0. The second-order valence-electron chi connectivity index (χ2n) is 5.86. The topological polar surface area (TPSA) is 77.2 Å². The minimum absolute atomic E-state index is 0.142. The van der Waals surface area contributed by atoms with Gasteiger partial charge in [0.1, 0.15) is 5.75 Å². The van der Waals surface area contributed by atoms with E-state index in [2.05, 4.69) is 15.5 Å². The molecule has 0 saturated carbocycles. The number of halogens is 1. The molecule has 6 nitrogen and oxygen atoms in total. The van der Waals surface area contributed by atoms with Crippen LogP contribution in [0.25, 0.3) is 0 Å². The molecule has 0 fully saturated rings. The third-order valence-corrected chi connectivity index (χ3v) is 4.65. The number of aromatic nitrogens is 2. The van der Waals surface area contributed by atoms with Crippen LogP contribution in [0.3, 0.4) is 0 Å². The minimum atomic E-state index is -0.142. The third kappa shape index (κ3) is 5.74. The molecular weight excluding hydrogens is 386 g/mol. The quantitative estimate of drug-likeness (QED) is 0.578. The van der Waals surface area contributed by atoms with Gasteiger partial charge in [-0.1, -0.05) is 41.1 Å². The zero-order valence-corrected chi connectivity index (χ0v) is 16.4. The van der Waals surface area contributed by atoms with E-state index in [0.717, 1.165) is 16.8 Å². The Balaban J connectivity index is 1.47. The number of carbonyl (C=O) groups excluding carboxylic acids is 1. The van der Waals surface area contributed by atoms with E-state index in [1.807, 2.05) is 44.2 Å². The Bertz CT molecular complexity index is 928. The molecule has 0 spiro atoms. The normalized spacial score (nSPS) is 10.6. The zero-order valence-electron chi connectivity index (χ0n) is 14.9. The van der Waals surface area contributed by atoms with Crippen LogP contribution in [-0.4, -0.2) is 21.9 Å². The molecule has 3 aromatic rings. The molecule has 0 aliphatic heterocycles. The van der Waals surface area contributed by atoms with Gasteiger partial charge in [-0.05, 0) is 49.7 Å². The van der Waals surface area contributed by atoms with Crippen molar-refractivity contribution in [1.82, 2.24) is 10.2 Å². The number of anilines is 1. The molecule has 27 heavy (non-hydrogen) atoms. The van der Waals surface area contributed by atoms with Gasteiger partial charge in [0.15, 0.2) is 6.61 Å². The first kappa shape index (κ1) is 19.3. The molecule has 140 valence electrons. The Morgan fingerprint density at radius 2 is 1.96 bits per heavy atom. The maximum absolute atomic E-state index is 12.0. The summed E-state index contributed by atoms with van der Waals surface area (Å²) in [6.07, 6.45) is 0. The van der Waals surface area contributed by atoms with Gasteiger partial charge >= 0.3 is 0 Å². The number of nitrogens with one attached hydrogen (secondary N) is 1. The average molecular weight is 404 g/mol. The fourth-order valence-corrected chi connectivity index (χ4v) is 3.04. The number of nitrogens with zero attached hydrogens (tertiary/aromatic N) is 2. The van der Waals surface area contributed by atoms with Crippen molar-refractivity contribution in [2.45, 2.75) is 25.7 Å². The van der Waals surface area contributed by atoms with Crippen LogP contribution >= 0.6 is 23.4 Å². The molecule has 0 radical (unpaired) electrons. The first-order valence-corrected chi connectivity index (χ1v) is 9.56. The van der Waals surface area contributed by atoms with Crippen molar-refractivity contribution >= 4 is 35.0 Å². The molecule has 1 N–H and O–H groups in total. The summed E-state index contributed by atoms with van der Waals surface area (Å²) >= 11 is 7.10. The molecular formula is C19H18ClN3O3S. The van der Waals surface area contributed by atoms with Crippen LogP contribution in [0.15, 0.2) is 52.1 Å². The maximum atomic E-state index is 12.0. The highest BCUT2D eigenvalue weighted by Crippen LogP contribution is 2.23. The van der Waals surface area contributed by atoms with E-state index in [4.69, 9.17) is 20.8 Å². The van der Waals surface area contributed by atoms with E-state index in [0.29, 0.717) is 21.9 Å². The smallest absolute Gasteiger partial charge is 0.277 e. The average Bonchev–Trinajstić information content (AvgIpc) is 3.09. The number of thioether (sulfide) groups is 1. The molecule has 8 heteroatoms. The van der Waals surface area contributed by atoms with Gasteiger partial charge in [0.05, 0.1) is 5.75 Å². The van der Waals surface area contributed by atoms with Crippen LogP contribution < -0.4 is 10.1 Å². The molecule has 1 amide bonds. The second-order valence-corrected chi connectivity index (χ2v) is 7.23. The van der Waals surface area contributed by atoms with Gasteiger partial charge in [-0.25, -0.2) is 0 Å². The molecule has 2 aromatic carbocycles.